The van der Waals surface area contributed by atoms with Gasteiger partial charge in [0.1, 0.15) is 0 Å². The van der Waals surface area contributed by atoms with Crippen LogP contribution in [0.1, 0.15) is 11.1 Å². The van der Waals surface area contributed by atoms with Crippen molar-refractivity contribution in [2.24, 2.45) is 0 Å². The first-order valence-electron chi connectivity index (χ1n) is 7.40. The lowest BCUT2D eigenvalue weighted by Crippen LogP contribution is -2.23. The standard InChI is InChI=1S/C14H15O3P.C2H3F3O3S/c15-18(16-11-13-7-3-1-4-8-13)17-12-14-9-5-2-6-10-14;1-8-9(6,7)2(3,4)5/h1-10,18H,11-12H2;1H3. The van der Waals surface area contributed by atoms with Crippen LogP contribution < -0.4 is 0 Å². The van der Waals surface area contributed by atoms with Gasteiger partial charge in [-0.25, -0.2) is 0 Å². The molecule has 0 radical (unpaired) electrons. The summed E-state index contributed by atoms with van der Waals surface area (Å²) >= 11 is 0. The maximum Gasteiger partial charge on any atom is 0.523 e. The lowest BCUT2D eigenvalue weighted by molar-refractivity contribution is -0.0526. The van der Waals surface area contributed by atoms with Crippen LogP contribution in [0.2, 0.25) is 0 Å². The molecule has 0 bridgehead atoms. The van der Waals surface area contributed by atoms with Crippen LogP contribution in [0.4, 0.5) is 13.2 Å². The average Bonchev–Trinajstić information content (AvgIpc) is 2.66. The van der Waals surface area contributed by atoms with Gasteiger partial charge < -0.3 is 9.05 Å². The molecule has 150 valence electrons. The van der Waals surface area contributed by atoms with E-state index in [1.807, 2.05) is 60.7 Å². The van der Waals surface area contributed by atoms with Crippen molar-refractivity contribution in [2.45, 2.75) is 18.7 Å². The molecule has 0 aliphatic heterocycles. The Balaban J connectivity index is 0.000000345. The van der Waals surface area contributed by atoms with E-state index >= 15 is 0 Å². The lowest BCUT2D eigenvalue weighted by atomic mass is 10.2. The van der Waals surface area contributed by atoms with Crippen molar-refractivity contribution in [2.75, 3.05) is 7.11 Å². The maximum atomic E-state index is 11.5. The van der Waals surface area contributed by atoms with Gasteiger partial charge >= 0.3 is 23.9 Å². The average molecular weight is 426 g/mol. The van der Waals surface area contributed by atoms with Crippen LogP contribution in [0, 0.1) is 0 Å². The van der Waals surface area contributed by atoms with E-state index in [-0.39, 0.29) is 0 Å². The number of benzene rings is 2. The zero-order chi connectivity index (χ0) is 20.3. The Morgan fingerprint density at radius 2 is 1.22 bits per heavy atom. The van der Waals surface area contributed by atoms with E-state index in [9.17, 15) is 26.2 Å². The Labute approximate surface area is 156 Å². The van der Waals surface area contributed by atoms with Gasteiger partial charge in [-0.05, 0) is 11.1 Å². The van der Waals surface area contributed by atoms with Crippen molar-refractivity contribution >= 4 is 18.4 Å². The van der Waals surface area contributed by atoms with Gasteiger partial charge in [0.15, 0.2) is 0 Å². The van der Waals surface area contributed by atoms with Crippen molar-refractivity contribution in [3.05, 3.63) is 71.8 Å². The summed E-state index contributed by atoms with van der Waals surface area (Å²) < 4.78 is 77.7. The second-order valence-electron chi connectivity index (χ2n) is 4.87. The molecule has 0 amide bonds. The molecule has 2 aromatic rings. The largest absolute Gasteiger partial charge is 0.523 e. The Bertz CT molecular complexity index is 752. The number of hydrogen-bond donors (Lipinski definition) is 0. The van der Waals surface area contributed by atoms with Crippen LogP contribution in [0.15, 0.2) is 60.7 Å². The Morgan fingerprint density at radius 3 is 1.48 bits per heavy atom. The van der Waals surface area contributed by atoms with Crippen molar-refractivity contribution in [1.29, 1.82) is 0 Å². The number of halogens is 3. The molecule has 0 spiro atoms. The van der Waals surface area contributed by atoms with Crippen LogP contribution in [0.5, 0.6) is 0 Å². The fraction of sp³-hybridized carbons (Fsp3) is 0.250. The molecule has 11 heteroatoms. The molecule has 27 heavy (non-hydrogen) atoms. The van der Waals surface area contributed by atoms with Crippen molar-refractivity contribution in [3.63, 3.8) is 0 Å². The molecular weight excluding hydrogens is 408 g/mol. The second-order valence-corrected chi connectivity index (χ2v) is 7.65. The number of rotatable bonds is 7. The Hall–Kier alpha value is -1.71. The summed E-state index contributed by atoms with van der Waals surface area (Å²) in [4.78, 5) is 0. The molecule has 0 atom stereocenters. The van der Waals surface area contributed by atoms with Crippen molar-refractivity contribution in [1.82, 2.24) is 0 Å². The summed E-state index contributed by atoms with van der Waals surface area (Å²) in [5.74, 6) is 0. The van der Waals surface area contributed by atoms with Crippen molar-refractivity contribution < 1.29 is 39.4 Å². The molecule has 0 N–H and O–H groups in total. The molecule has 2 aromatic carbocycles. The van der Waals surface area contributed by atoms with Crippen LogP contribution in [-0.4, -0.2) is 21.0 Å². The van der Waals surface area contributed by atoms with Crippen molar-refractivity contribution in [3.8, 4) is 0 Å². The van der Waals surface area contributed by atoms with Gasteiger partial charge in [-0.2, -0.15) is 21.6 Å². The summed E-state index contributed by atoms with van der Waals surface area (Å²) in [6.07, 6.45) is 0. The monoisotopic (exact) mass is 426 g/mol. The van der Waals surface area contributed by atoms with E-state index in [1.165, 1.54) is 0 Å². The Morgan fingerprint density at radius 1 is 0.852 bits per heavy atom. The molecule has 0 unspecified atom stereocenters. The fourth-order valence-electron chi connectivity index (χ4n) is 1.57. The molecule has 0 saturated carbocycles. The summed E-state index contributed by atoms with van der Waals surface area (Å²) in [6, 6.07) is 19.2. The topological polar surface area (TPSA) is 78.9 Å². The molecule has 0 fully saturated rings. The molecule has 2 rings (SSSR count). The predicted molar refractivity (Wildman–Crippen MR) is 93.4 cm³/mol. The summed E-state index contributed by atoms with van der Waals surface area (Å²) in [7, 11) is -7.32. The molecule has 0 aliphatic carbocycles. The van der Waals surface area contributed by atoms with E-state index in [2.05, 4.69) is 4.18 Å². The van der Waals surface area contributed by atoms with Gasteiger partial charge in [-0.15, -0.1) is 0 Å². The first-order valence-corrected chi connectivity index (χ1v) is 10.0. The zero-order valence-electron chi connectivity index (χ0n) is 14.2. The summed E-state index contributed by atoms with van der Waals surface area (Å²) in [5, 5.41) is 0. The van der Waals surface area contributed by atoms with E-state index in [1.54, 1.807) is 0 Å². The third kappa shape index (κ3) is 9.16. The minimum atomic E-state index is -5.34. The molecule has 0 aromatic heterocycles. The summed E-state index contributed by atoms with van der Waals surface area (Å²) in [5.41, 5.74) is -3.33. The van der Waals surface area contributed by atoms with Crippen LogP contribution in [-0.2, 0) is 41.1 Å². The van der Waals surface area contributed by atoms with E-state index < -0.39 is 23.9 Å². The van der Waals surface area contributed by atoms with Gasteiger partial charge in [-0.1, -0.05) is 60.7 Å². The molecule has 0 aliphatic rings. The third-order valence-electron chi connectivity index (χ3n) is 2.90. The van der Waals surface area contributed by atoms with Crippen LogP contribution in [0.3, 0.4) is 0 Å². The Kier molecular flexibility index (Phi) is 9.68. The third-order valence-corrected chi connectivity index (χ3v) is 4.67. The quantitative estimate of drug-likeness (QED) is 0.373. The lowest BCUT2D eigenvalue weighted by Gasteiger charge is -2.05. The first kappa shape index (κ1) is 23.3. The van der Waals surface area contributed by atoms with Crippen LogP contribution in [0.25, 0.3) is 0 Å². The highest BCUT2D eigenvalue weighted by Gasteiger charge is 2.46. The van der Waals surface area contributed by atoms with Gasteiger partial charge in [0, 0.05) is 0 Å². The molecule has 0 saturated heterocycles. The highest BCUT2D eigenvalue weighted by atomic mass is 32.2. The SMILES string of the molecule is COS(=O)(=O)C(F)(F)F.O=[PH](OCc1ccccc1)OCc1ccccc1. The normalized spacial score (nSPS) is 11.7. The summed E-state index contributed by atoms with van der Waals surface area (Å²) in [6.45, 7) is 0.626. The highest BCUT2D eigenvalue weighted by Crippen LogP contribution is 2.27. The smallest absolute Gasteiger partial charge is 0.306 e. The second kappa shape index (κ2) is 11.2. The number of hydrogen-bond acceptors (Lipinski definition) is 6. The highest BCUT2D eigenvalue weighted by molar-refractivity contribution is 7.87. The van der Waals surface area contributed by atoms with Gasteiger partial charge in [0.05, 0.1) is 20.3 Å². The van der Waals surface area contributed by atoms with Gasteiger partial charge in [-0.3, -0.25) is 8.75 Å². The number of alkyl halides is 3. The van der Waals surface area contributed by atoms with E-state index in [4.69, 9.17) is 9.05 Å². The molecule has 0 heterocycles. The first-order chi connectivity index (χ1) is 12.7. The zero-order valence-corrected chi connectivity index (χ0v) is 16.0. The van der Waals surface area contributed by atoms with Gasteiger partial charge in [0.2, 0.25) is 0 Å². The molecular formula is C16H18F3O6PS. The van der Waals surface area contributed by atoms with E-state index in [0.717, 1.165) is 11.1 Å². The molecule has 6 nitrogen and oxygen atoms in total. The minimum absolute atomic E-state index is 0.313. The minimum Gasteiger partial charge on any atom is -0.306 e. The van der Waals surface area contributed by atoms with Gasteiger partial charge in [0.25, 0.3) is 0 Å². The fourth-order valence-corrected chi connectivity index (χ4v) is 2.41. The van der Waals surface area contributed by atoms with E-state index in [0.29, 0.717) is 20.3 Å². The maximum absolute atomic E-state index is 11.5. The van der Waals surface area contributed by atoms with Crippen LogP contribution >= 0.6 is 8.25 Å². The predicted octanol–water partition coefficient (Wildman–Crippen LogP) is 4.29.